The number of anilines is 3. The van der Waals surface area contributed by atoms with E-state index in [1.54, 1.807) is 0 Å². The van der Waals surface area contributed by atoms with Gasteiger partial charge in [0.2, 0.25) is 0 Å². The number of sulfone groups is 1. The second kappa shape index (κ2) is 21.4. The van der Waals surface area contributed by atoms with Crippen molar-refractivity contribution in [2.24, 2.45) is 20.5 Å². The minimum absolute atomic E-state index is 0.0105. The van der Waals surface area contributed by atoms with Gasteiger partial charge in [-0.2, -0.15) is 33.7 Å². The van der Waals surface area contributed by atoms with E-state index in [1.807, 2.05) is 0 Å². The number of carboxylic acids is 1. The average Bonchev–Trinajstić information content (AvgIpc) is 3.30. The van der Waals surface area contributed by atoms with Gasteiger partial charge in [0.25, 0.3) is 30.4 Å². The number of fused-ring (bicyclic) bond motifs is 1. The summed E-state index contributed by atoms with van der Waals surface area (Å²) in [5, 5.41) is 48.2. The van der Waals surface area contributed by atoms with Crippen LogP contribution in [0.15, 0.2) is 108 Å². The molecule has 0 saturated carbocycles. The highest BCUT2D eigenvalue weighted by molar-refractivity contribution is 7.91. The Labute approximate surface area is 418 Å². The maximum atomic E-state index is 13.2. The molecule has 0 atom stereocenters. The number of aromatic hydroxyl groups is 2. The standard InChI is InChI=1S/C38H36N10O21S5/c1-47(11-13-70(53,54)14-12-69-74(64,65)66)37-40-36(41-38(42-37)48-10-4-5-20(19-48)35(51)52)39-24-8-7-22-23(34(24)73(61,62)63)16-31(72(58,59)60)32(33(22)50)46-44-26-18-30(68-3)29(67-2)17-25(26)43-45-27-15-21(71(55,56)57)6-9-28(27)49/h4-10,15-19H,11-14H2,1-3H3,(H7-,39,40,41,42,43,44,45,46,49,50,51,52,55,56,57,58,59,60,61,62,63,64,65,66)/p+1. The molecule has 394 valence electrons. The number of azo groups is 2. The van der Waals surface area contributed by atoms with Gasteiger partial charge < -0.3 is 35.0 Å². The lowest BCUT2D eigenvalue weighted by atomic mass is 10.1. The van der Waals surface area contributed by atoms with E-state index in [9.17, 15) is 75.9 Å². The van der Waals surface area contributed by atoms with Gasteiger partial charge in [-0.05, 0) is 58.5 Å². The Morgan fingerprint density at radius 3 is 1.95 bits per heavy atom. The normalized spacial score (nSPS) is 12.6. The summed E-state index contributed by atoms with van der Waals surface area (Å²) >= 11 is 0. The summed E-state index contributed by atoms with van der Waals surface area (Å²) in [6.45, 7) is -1.34. The number of aromatic carboxylic acids is 1. The van der Waals surface area contributed by atoms with Crippen LogP contribution in [0.25, 0.3) is 16.7 Å². The number of nitrogens with zero attached hydrogens (tertiary/aromatic N) is 9. The number of rotatable bonds is 21. The van der Waals surface area contributed by atoms with E-state index in [1.165, 1.54) is 39.6 Å². The second-order valence-electron chi connectivity index (χ2n) is 14.8. The third-order valence-electron chi connectivity index (χ3n) is 9.81. The van der Waals surface area contributed by atoms with Gasteiger partial charge in [-0.15, -0.1) is 25.4 Å². The van der Waals surface area contributed by atoms with Crippen molar-refractivity contribution in [1.82, 2.24) is 15.0 Å². The third kappa shape index (κ3) is 13.5. The molecule has 0 radical (unpaired) electrons. The van der Waals surface area contributed by atoms with Gasteiger partial charge in [0.05, 0.1) is 60.9 Å². The van der Waals surface area contributed by atoms with E-state index < -0.39 is 141 Å². The molecule has 0 fully saturated rings. The molecule has 0 saturated heterocycles. The molecule has 8 N–H and O–H groups in total. The van der Waals surface area contributed by atoms with Crippen molar-refractivity contribution < 1.29 is 98.6 Å². The summed E-state index contributed by atoms with van der Waals surface area (Å²) in [5.74, 6) is -6.07. The fourth-order valence-corrected chi connectivity index (χ4v) is 9.81. The lowest BCUT2D eigenvalue weighted by molar-refractivity contribution is -0.603. The predicted molar refractivity (Wildman–Crippen MR) is 252 cm³/mol. The molecule has 6 aromatic rings. The number of methoxy groups -OCH3 is 2. The second-order valence-corrected chi connectivity index (χ2v) is 22.4. The Morgan fingerprint density at radius 2 is 1.36 bits per heavy atom. The minimum atomic E-state index is -5.54. The SMILES string of the molecule is COc1cc(N=Nc2cc(S(=O)(=O)O)ccc2O)c(N=Nc2c(S(=O)(=O)O)cc3c(S(=O)(=O)O)c(Nc4nc(N(C)CCS(=O)(=O)CCOS(=O)(=O)O)nc(-[n+]5cccc(C(=O)O)c5)n4)ccc3c2O)cc1OC. The fourth-order valence-electron chi connectivity index (χ4n) is 6.32. The molecule has 2 heterocycles. The number of hydrogen-bond donors (Lipinski definition) is 8. The lowest BCUT2D eigenvalue weighted by Gasteiger charge is -2.16. The number of benzene rings is 4. The van der Waals surface area contributed by atoms with E-state index in [4.69, 9.17) is 14.0 Å². The Balaban J connectivity index is 1.48. The first-order valence-electron chi connectivity index (χ1n) is 19.9. The van der Waals surface area contributed by atoms with Gasteiger partial charge in [0, 0.05) is 36.5 Å². The van der Waals surface area contributed by atoms with Gasteiger partial charge in [-0.25, -0.2) is 22.0 Å². The largest absolute Gasteiger partial charge is 0.506 e. The van der Waals surface area contributed by atoms with Gasteiger partial charge in [-0.3, -0.25) is 18.2 Å². The van der Waals surface area contributed by atoms with Gasteiger partial charge in [0.1, 0.15) is 38.3 Å². The van der Waals surface area contributed by atoms with Crippen LogP contribution in [0.5, 0.6) is 23.0 Å². The predicted octanol–water partition coefficient (Wildman–Crippen LogP) is 3.41. The zero-order valence-corrected chi connectivity index (χ0v) is 41.8. The zero-order valence-electron chi connectivity index (χ0n) is 37.7. The van der Waals surface area contributed by atoms with E-state index >= 15 is 0 Å². The highest BCUT2D eigenvalue weighted by Crippen LogP contribution is 2.47. The molecule has 2 aromatic heterocycles. The Hall–Kier alpha value is -7.68. The van der Waals surface area contributed by atoms with Crippen LogP contribution in [0, 0.1) is 0 Å². The monoisotopic (exact) mass is 1130 g/mol. The smallest absolute Gasteiger partial charge is 0.444 e. The number of phenols is 2. The molecule has 0 unspecified atom stereocenters. The number of carboxylic acid groups (broad SMARTS) is 1. The third-order valence-corrected chi connectivity index (χ3v) is 14.5. The van der Waals surface area contributed by atoms with Crippen LogP contribution in [-0.2, 0) is 54.8 Å². The first-order chi connectivity index (χ1) is 34.4. The quantitative estimate of drug-likeness (QED) is 0.0291. The summed E-state index contributed by atoms with van der Waals surface area (Å²) in [6.07, 6.45) is 2.36. The average molecular weight is 1130 g/mol. The van der Waals surface area contributed by atoms with E-state index in [-0.39, 0.29) is 40.3 Å². The molecular formula is C38H37N10O21S5+. The van der Waals surface area contributed by atoms with Crippen molar-refractivity contribution in [2.75, 3.05) is 56.1 Å². The molecule has 36 heteroatoms. The molecule has 31 nitrogen and oxygen atoms in total. The number of carbonyl (C=O) groups is 1. The molecular weight excluding hydrogens is 1090 g/mol. The number of ether oxygens (including phenoxy) is 2. The molecule has 0 bridgehead atoms. The highest BCUT2D eigenvalue weighted by Gasteiger charge is 2.30. The van der Waals surface area contributed by atoms with Crippen molar-refractivity contribution in [3.63, 3.8) is 0 Å². The topological polar surface area (TPSA) is 464 Å². The first kappa shape index (κ1) is 55.6. The highest BCUT2D eigenvalue weighted by atomic mass is 32.3. The van der Waals surface area contributed by atoms with Crippen LogP contribution in [0.1, 0.15) is 10.4 Å². The maximum Gasteiger partial charge on any atom is 0.444 e. The minimum Gasteiger partial charge on any atom is -0.506 e. The van der Waals surface area contributed by atoms with Crippen LogP contribution in [0.3, 0.4) is 0 Å². The Bertz CT molecular complexity index is 3880. The fraction of sp³-hybridized carbons (Fsp3) is 0.184. The summed E-state index contributed by atoms with van der Waals surface area (Å²) in [6, 6.07) is 9.74. The number of nitrogens with one attached hydrogen (secondary N) is 1. The van der Waals surface area contributed by atoms with Crippen LogP contribution < -0.4 is 24.3 Å². The van der Waals surface area contributed by atoms with Gasteiger partial charge in [-0.1, -0.05) is 0 Å². The van der Waals surface area contributed by atoms with E-state index in [0.717, 1.165) is 58.1 Å². The molecule has 4 aromatic carbocycles. The van der Waals surface area contributed by atoms with E-state index in [0.29, 0.717) is 6.07 Å². The summed E-state index contributed by atoms with van der Waals surface area (Å²) < 4.78 is 178. The molecule has 6 rings (SSSR count). The lowest BCUT2D eigenvalue weighted by Crippen LogP contribution is -2.36. The van der Waals surface area contributed by atoms with Crippen LogP contribution in [0.4, 0.5) is 40.3 Å². The summed E-state index contributed by atoms with van der Waals surface area (Å²) in [5.41, 5.74) is -3.09. The Morgan fingerprint density at radius 1 is 0.730 bits per heavy atom. The first-order valence-corrected chi connectivity index (χ1v) is 27.4. The van der Waals surface area contributed by atoms with Crippen LogP contribution in [0.2, 0.25) is 0 Å². The number of aromatic nitrogens is 4. The molecule has 0 aliphatic rings. The maximum absolute atomic E-state index is 13.2. The zero-order chi connectivity index (χ0) is 54.7. The summed E-state index contributed by atoms with van der Waals surface area (Å²) in [7, 11) is -21.2. The van der Waals surface area contributed by atoms with Gasteiger partial charge in [0.15, 0.2) is 27.1 Å². The van der Waals surface area contributed by atoms with E-state index in [2.05, 4.69) is 44.9 Å². The molecule has 74 heavy (non-hydrogen) atoms. The van der Waals surface area contributed by atoms with Crippen molar-refractivity contribution in [1.29, 1.82) is 0 Å². The van der Waals surface area contributed by atoms with Crippen molar-refractivity contribution in [2.45, 2.75) is 14.7 Å². The van der Waals surface area contributed by atoms with Gasteiger partial charge >= 0.3 is 34.2 Å². The molecule has 0 aliphatic heterocycles. The number of phenolic OH excluding ortho intramolecular Hbond substituents is 2. The molecule has 0 spiro atoms. The van der Waals surface area contributed by atoms with Crippen molar-refractivity contribution >= 4 is 108 Å². The van der Waals surface area contributed by atoms with Crippen LogP contribution in [-0.4, -0.2) is 142 Å². The Kier molecular flexibility index (Phi) is 16.1. The molecule has 0 amide bonds. The number of hydrogen-bond acceptors (Lipinski definition) is 25. The van der Waals surface area contributed by atoms with Crippen molar-refractivity contribution in [3.8, 4) is 28.9 Å². The van der Waals surface area contributed by atoms with Crippen LogP contribution >= 0.6 is 0 Å². The molecule has 0 aliphatic carbocycles. The van der Waals surface area contributed by atoms with Crippen molar-refractivity contribution in [3.05, 3.63) is 78.6 Å². The summed E-state index contributed by atoms with van der Waals surface area (Å²) in [4.78, 5) is 22.5. The number of pyridine rings is 1.